The molecule has 0 saturated carbocycles. The standard InChI is InChI=1S/C37H32FN5O6/c1-20-19-49-31-18-42-17-28(34(44)32(33(42)37(46)43(20)31)22-4-9-25(38)10-5-22)36(45)41-26-11-6-21(7-12-26)27-14-24(16-40-35(27)39)23-8-13-29(47-2)30(15-23)48-3/h4-17,20,31H,18-19H2,1-3H3,(H2,39,40)(H,41,45)/t20-,31?/m0/s1. The quantitative estimate of drug-likeness (QED) is 0.235. The van der Waals surface area contributed by atoms with Crippen LogP contribution in [0.5, 0.6) is 11.5 Å². The average molecular weight is 662 g/mol. The molecule has 1 fully saturated rings. The molecule has 0 radical (unpaired) electrons. The van der Waals surface area contributed by atoms with Crippen LogP contribution in [0.25, 0.3) is 33.4 Å². The molecule has 12 heteroatoms. The van der Waals surface area contributed by atoms with Crippen LogP contribution < -0.4 is 26.0 Å². The molecular weight excluding hydrogens is 629 g/mol. The summed E-state index contributed by atoms with van der Waals surface area (Å²) >= 11 is 0. The number of halogens is 1. The van der Waals surface area contributed by atoms with Crippen molar-refractivity contribution in [2.24, 2.45) is 0 Å². The first kappa shape index (κ1) is 31.6. The molecule has 3 aromatic carbocycles. The third-order valence-corrected chi connectivity index (χ3v) is 8.85. The van der Waals surface area contributed by atoms with E-state index in [4.69, 9.17) is 19.9 Å². The summed E-state index contributed by atoms with van der Waals surface area (Å²) in [6, 6.07) is 19.5. The highest BCUT2D eigenvalue weighted by molar-refractivity contribution is 6.07. The van der Waals surface area contributed by atoms with Crippen molar-refractivity contribution in [1.29, 1.82) is 0 Å². The van der Waals surface area contributed by atoms with Gasteiger partial charge >= 0.3 is 0 Å². The number of carbonyl (C=O) groups excluding carboxylic acids is 2. The Morgan fingerprint density at radius 2 is 1.63 bits per heavy atom. The number of nitrogen functional groups attached to an aromatic ring is 1. The first-order valence-corrected chi connectivity index (χ1v) is 15.5. The molecule has 2 amide bonds. The van der Waals surface area contributed by atoms with Crippen LogP contribution in [0.1, 0.15) is 27.8 Å². The van der Waals surface area contributed by atoms with Gasteiger partial charge in [-0.2, -0.15) is 0 Å². The van der Waals surface area contributed by atoms with Gasteiger partial charge in [0.2, 0.25) is 5.43 Å². The summed E-state index contributed by atoms with van der Waals surface area (Å²) in [6.07, 6.45) is 2.53. The fourth-order valence-corrected chi connectivity index (χ4v) is 6.35. The van der Waals surface area contributed by atoms with Gasteiger partial charge in [-0.25, -0.2) is 9.37 Å². The predicted octanol–water partition coefficient (Wildman–Crippen LogP) is 5.44. The zero-order valence-corrected chi connectivity index (χ0v) is 26.9. The van der Waals surface area contributed by atoms with Gasteiger partial charge in [-0.1, -0.05) is 30.3 Å². The molecule has 49 heavy (non-hydrogen) atoms. The van der Waals surface area contributed by atoms with Gasteiger partial charge in [0, 0.05) is 29.2 Å². The van der Waals surface area contributed by atoms with Gasteiger partial charge in [0.15, 0.2) is 17.7 Å². The van der Waals surface area contributed by atoms with Crippen LogP contribution in [0.15, 0.2) is 90.0 Å². The Morgan fingerprint density at radius 1 is 0.939 bits per heavy atom. The van der Waals surface area contributed by atoms with E-state index in [1.807, 2.05) is 31.2 Å². The summed E-state index contributed by atoms with van der Waals surface area (Å²) in [5.74, 6) is -0.0297. The van der Waals surface area contributed by atoms with Crippen molar-refractivity contribution in [2.45, 2.75) is 25.7 Å². The van der Waals surface area contributed by atoms with Crippen LogP contribution in [0.4, 0.5) is 15.9 Å². The van der Waals surface area contributed by atoms with Crippen molar-refractivity contribution in [3.63, 3.8) is 0 Å². The van der Waals surface area contributed by atoms with E-state index < -0.39 is 23.4 Å². The minimum atomic E-state index is -0.663. The second kappa shape index (κ2) is 12.5. The Kier molecular flexibility index (Phi) is 8.09. The molecule has 1 saturated heterocycles. The van der Waals surface area contributed by atoms with Crippen LogP contribution in [0, 0.1) is 5.82 Å². The molecule has 2 aliphatic heterocycles. The largest absolute Gasteiger partial charge is 0.493 e. The van der Waals surface area contributed by atoms with Gasteiger partial charge in [-0.3, -0.25) is 14.4 Å². The van der Waals surface area contributed by atoms with E-state index in [9.17, 15) is 18.8 Å². The molecule has 0 spiro atoms. The Morgan fingerprint density at radius 3 is 2.35 bits per heavy atom. The highest BCUT2D eigenvalue weighted by atomic mass is 19.1. The number of benzene rings is 3. The van der Waals surface area contributed by atoms with Crippen molar-refractivity contribution < 1.29 is 28.2 Å². The summed E-state index contributed by atoms with van der Waals surface area (Å²) in [7, 11) is 3.14. The van der Waals surface area contributed by atoms with Gasteiger partial charge in [0.25, 0.3) is 11.8 Å². The van der Waals surface area contributed by atoms with Gasteiger partial charge in [0.1, 0.15) is 22.9 Å². The molecule has 2 atom stereocenters. The van der Waals surface area contributed by atoms with E-state index in [-0.39, 0.29) is 35.3 Å². The highest BCUT2D eigenvalue weighted by Crippen LogP contribution is 2.36. The number of methoxy groups -OCH3 is 2. The Balaban J connectivity index is 1.20. The van der Waals surface area contributed by atoms with Crippen molar-refractivity contribution in [1.82, 2.24) is 14.5 Å². The van der Waals surface area contributed by atoms with Crippen LogP contribution in [-0.2, 0) is 11.3 Å². The smallest absolute Gasteiger partial charge is 0.273 e. The molecule has 2 aliphatic rings. The number of hydrogen-bond acceptors (Lipinski definition) is 8. The van der Waals surface area contributed by atoms with E-state index in [0.717, 1.165) is 16.7 Å². The lowest BCUT2D eigenvalue weighted by molar-refractivity contribution is 0.00689. The lowest BCUT2D eigenvalue weighted by atomic mass is 9.98. The molecule has 3 N–H and O–H groups in total. The number of nitrogens with one attached hydrogen (secondary N) is 1. The third-order valence-electron chi connectivity index (χ3n) is 8.85. The van der Waals surface area contributed by atoms with Gasteiger partial charge in [-0.15, -0.1) is 0 Å². The molecule has 248 valence electrons. The minimum absolute atomic E-state index is 0.0304. The Labute approximate surface area is 280 Å². The van der Waals surface area contributed by atoms with E-state index in [1.165, 1.54) is 30.5 Å². The summed E-state index contributed by atoms with van der Waals surface area (Å²) < 4.78 is 32.0. The second-order valence-electron chi connectivity index (χ2n) is 11.9. The van der Waals surface area contributed by atoms with Gasteiger partial charge < -0.3 is 34.7 Å². The Hall–Kier alpha value is -6.01. The topological polar surface area (TPSA) is 138 Å². The zero-order chi connectivity index (χ0) is 34.4. The monoisotopic (exact) mass is 661 g/mol. The van der Waals surface area contributed by atoms with Crippen molar-refractivity contribution >= 4 is 23.3 Å². The molecule has 1 unspecified atom stereocenters. The normalized spacial score (nSPS) is 16.6. The zero-order valence-electron chi connectivity index (χ0n) is 26.9. The minimum Gasteiger partial charge on any atom is -0.493 e. The fourth-order valence-electron chi connectivity index (χ4n) is 6.35. The first-order chi connectivity index (χ1) is 23.7. The van der Waals surface area contributed by atoms with Crippen molar-refractivity contribution in [2.75, 3.05) is 31.9 Å². The average Bonchev–Trinajstić information content (AvgIpc) is 3.49. The van der Waals surface area contributed by atoms with Crippen LogP contribution in [-0.4, -0.2) is 59.4 Å². The number of carbonyl (C=O) groups is 2. The molecule has 0 bridgehead atoms. The fraction of sp³-hybridized carbons (Fsp3) is 0.189. The van der Waals surface area contributed by atoms with Gasteiger partial charge in [0.05, 0.1) is 39.0 Å². The van der Waals surface area contributed by atoms with Crippen LogP contribution >= 0.6 is 0 Å². The SMILES string of the molecule is COc1ccc(-c2cnc(N)c(-c3ccc(NC(=O)c4cn5c(c(-c6ccc(F)cc6)c4=O)C(=O)N4C(C5)OC[C@@H]4C)cc3)c2)cc1OC. The number of nitrogens with two attached hydrogens (primary N) is 1. The molecular formula is C37H32FN5O6. The molecule has 5 aromatic rings. The predicted molar refractivity (Wildman–Crippen MR) is 182 cm³/mol. The molecule has 0 aliphatic carbocycles. The Bertz CT molecular complexity index is 2170. The van der Waals surface area contributed by atoms with Crippen molar-refractivity contribution in [3.05, 3.63) is 112 Å². The van der Waals surface area contributed by atoms with E-state index in [1.54, 1.807) is 54.1 Å². The highest BCUT2D eigenvalue weighted by Gasteiger charge is 2.42. The van der Waals surface area contributed by atoms with E-state index in [0.29, 0.717) is 40.7 Å². The maximum Gasteiger partial charge on any atom is 0.273 e. The summed E-state index contributed by atoms with van der Waals surface area (Å²) in [5.41, 5.74) is 9.48. The van der Waals surface area contributed by atoms with E-state index in [2.05, 4.69) is 10.3 Å². The molecule has 11 nitrogen and oxygen atoms in total. The number of anilines is 2. The summed E-state index contributed by atoms with van der Waals surface area (Å²) in [6.45, 7) is 2.45. The molecule has 7 rings (SSSR count). The number of nitrogens with zero attached hydrogens (tertiary/aromatic N) is 3. The van der Waals surface area contributed by atoms with Crippen LogP contribution in [0.3, 0.4) is 0 Å². The maximum atomic E-state index is 14.0. The lowest BCUT2D eigenvalue weighted by Crippen LogP contribution is -2.49. The third kappa shape index (κ3) is 5.65. The number of aromatic nitrogens is 2. The molecule has 4 heterocycles. The number of hydrogen-bond donors (Lipinski definition) is 2. The van der Waals surface area contributed by atoms with Crippen molar-refractivity contribution in [3.8, 4) is 44.9 Å². The maximum absolute atomic E-state index is 14.0. The number of amides is 2. The number of rotatable bonds is 7. The number of pyridine rings is 2. The van der Waals surface area contributed by atoms with E-state index >= 15 is 0 Å². The second-order valence-corrected chi connectivity index (χ2v) is 11.9. The van der Waals surface area contributed by atoms with Gasteiger partial charge in [-0.05, 0) is 66.1 Å². The first-order valence-electron chi connectivity index (χ1n) is 15.5. The number of fused-ring (bicyclic) bond motifs is 2. The molecule has 2 aromatic heterocycles. The summed E-state index contributed by atoms with van der Waals surface area (Å²) in [4.78, 5) is 47.4. The van der Waals surface area contributed by atoms with Crippen LogP contribution in [0.2, 0.25) is 0 Å². The number of ether oxygens (including phenoxy) is 3. The lowest BCUT2D eigenvalue weighted by Gasteiger charge is -2.34. The summed E-state index contributed by atoms with van der Waals surface area (Å²) in [5, 5.41) is 2.80.